The Morgan fingerprint density at radius 1 is 1.37 bits per heavy atom. The van der Waals surface area contributed by atoms with Gasteiger partial charge in [-0.1, -0.05) is 23.7 Å². The highest BCUT2D eigenvalue weighted by molar-refractivity contribution is 7.99. The van der Waals surface area contributed by atoms with Gasteiger partial charge in [0.15, 0.2) is 0 Å². The third-order valence-corrected chi connectivity index (χ3v) is 3.58. The molecule has 1 aromatic rings. The molecule has 3 N–H and O–H groups in total. The summed E-state index contributed by atoms with van der Waals surface area (Å²) in [7, 11) is 0. The SMILES string of the molecule is Cl.NCCCCNC(=O)CSCc1cccc(Cl)c1. The minimum Gasteiger partial charge on any atom is -0.355 e. The molecule has 0 aliphatic rings. The number of hydrogen-bond donors (Lipinski definition) is 2. The van der Waals surface area contributed by atoms with Crippen LogP contribution in [0.4, 0.5) is 0 Å². The van der Waals surface area contributed by atoms with E-state index in [2.05, 4.69) is 5.32 Å². The van der Waals surface area contributed by atoms with Gasteiger partial charge in [0.25, 0.3) is 0 Å². The molecule has 0 spiro atoms. The molecule has 1 aromatic carbocycles. The number of nitrogens with one attached hydrogen (secondary N) is 1. The van der Waals surface area contributed by atoms with Crippen LogP contribution >= 0.6 is 35.8 Å². The van der Waals surface area contributed by atoms with Gasteiger partial charge in [-0.2, -0.15) is 0 Å². The number of amides is 1. The highest BCUT2D eigenvalue weighted by atomic mass is 35.5. The summed E-state index contributed by atoms with van der Waals surface area (Å²) in [6, 6.07) is 7.71. The lowest BCUT2D eigenvalue weighted by Crippen LogP contribution is -2.26. The van der Waals surface area contributed by atoms with Crippen molar-refractivity contribution in [2.24, 2.45) is 5.73 Å². The van der Waals surface area contributed by atoms with Gasteiger partial charge in [0.2, 0.25) is 5.91 Å². The molecule has 3 nitrogen and oxygen atoms in total. The Balaban J connectivity index is 0.00000324. The maximum atomic E-state index is 11.5. The third-order valence-electron chi connectivity index (χ3n) is 2.34. The summed E-state index contributed by atoms with van der Waals surface area (Å²) in [6.07, 6.45) is 1.90. The van der Waals surface area contributed by atoms with Crippen molar-refractivity contribution >= 4 is 41.7 Å². The molecule has 19 heavy (non-hydrogen) atoms. The number of unbranched alkanes of at least 4 members (excludes halogenated alkanes) is 1. The maximum Gasteiger partial charge on any atom is 0.230 e. The van der Waals surface area contributed by atoms with Crippen molar-refractivity contribution in [2.75, 3.05) is 18.8 Å². The summed E-state index contributed by atoms with van der Waals surface area (Å²) >= 11 is 7.48. The second-order valence-electron chi connectivity index (χ2n) is 3.97. The summed E-state index contributed by atoms with van der Waals surface area (Å²) in [4.78, 5) is 11.5. The third kappa shape index (κ3) is 9.16. The van der Waals surface area contributed by atoms with Gasteiger partial charge in [0.1, 0.15) is 0 Å². The smallest absolute Gasteiger partial charge is 0.230 e. The quantitative estimate of drug-likeness (QED) is 0.723. The fourth-order valence-electron chi connectivity index (χ4n) is 1.44. The Hall–Kier alpha value is -0.420. The van der Waals surface area contributed by atoms with Gasteiger partial charge in [-0.25, -0.2) is 0 Å². The Kier molecular flexibility index (Phi) is 11.2. The zero-order valence-electron chi connectivity index (χ0n) is 10.7. The van der Waals surface area contributed by atoms with E-state index in [4.69, 9.17) is 17.3 Å². The van der Waals surface area contributed by atoms with E-state index in [1.54, 1.807) is 11.8 Å². The van der Waals surface area contributed by atoms with Crippen LogP contribution in [0.5, 0.6) is 0 Å². The van der Waals surface area contributed by atoms with Crippen molar-refractivity contribution in [3.8, 4) is 0 Å². The second-order valence-corrected chi connectivity index (χ2v) is 5.39. The van der Waals surface area contributed by atoms with Crippen LogP contribution < -0.4 is 11.1 Å². The number of halogens is 2. The standard InChI is InChI=1S/C13H19ClN2OS.ClH/c14-12-5-3-4-11(8-12)9-18-10-13(17)16-7-2-1-6-15;/h3-5,8H,1-2,6-7,9-10,15H2,(H,16,17);1H. The first kappa shape index (κ1) is 18.6. The first-order valence-electron chi connectivity index (χ1n) is 6.01. The number of carbonyl (C=O) groups excluding carboxylic acids is 1. The largest absolute Gasteiger partial charge is 0.355 e. The van der Waals surface area contributed by atoms with E-state index in [1.807, 2.05) is 24.3 Å². The van der Waals surface area contributed by atoms with E-state index in [1.165, 1.54) is 0 Å². The minimum atomic E-state index is 0. The molecular formula is C13H20Cl2N2OS. The fourth-order valence-corrected chi connectivity index (χ4v) is 2.45. The highest BCUT2D eigenvalue weighted by Gasteiger charge is 2.01. The molecule has 0 bridgehead atoms. The van der Waals surface area contributed by atoms with E-state index >= 15 is 0 Å². The van der Waals surface area contributed by atoms with Gasteiger partial charge < -0.3 is 11.1 Å². The van der Waals surface area contributed by atoms with Crippen LogP contribution in [0.3, 0.4) is 0 Å². The molecule has 0 unspecified atom stereocenters. The van der Waals surface area contributed by atoms with Crippen molar-refractivity contribution in [2.45, 2.75) is 18.6 Å². The number of thioether (sulfide) groups is 1. The molecule has 0 saturated carbocycles. The Bertz CT molecular complexity index is 377. The predicted octanol–water partition coefficient (Wildman–Crippen LogP) is 2.85. The summed E-state index contributed by atoms with van der Waals surface area (Å²) < 4.78 is 0. The predicted molar refractivity (Wildman–Crippen MR) is 86.2 cm³/mol. The molecule has 0 radical (unpaired) electrons. The topological polar surface area (TPSA) is 55.1 Å². The van der Waals surface area contributed by atoms with Crippen molar-refractivity contribution in [3.63, 3.8) is 0 Å². The van der Waals surface area contributed by atoms with Crippen LogP contribution in [0.2, 0.25) is 5.02 Å². The Morgan fingerprint density at radius 3 is 2.84 bits per heavy atom. The van der Waals surface area contributed by atoms with Gasteiger partial charge >= 0.3 is 0 Å². The summed E-state index contributed by atoms with van der Waals surface area (Å²) in [5.41, 5.74) is 6.52. The van der Waals surface area contributed by atoms with E-state index < -0.39 is 0 Å². The molecule has 0 heterocycles. The van der Waals surface area contributed by atoms with Crippen LogP contribution in [-0.2, 0) is 10.5 Å². The van der Waals surface area contributed by atoms with E-state index in [0.717, 1.165) is 29.2 Å². The molecule has 0 atom stereocenters. The summed E-state index contributed by atoms with van der Waals surface area (Å²) in [6.45, 7) is 1.40. The normalized spacial score (nSPS) is 9.79. The zero-order valence-corrected chi connectivity index (χ0v) is 13.1. The number of nitrogens with two attached hydrogens (primary N) is 1. The minimum absolute atomic E-state index is 0. The molecule has 1 amide bonds. The monoisotopic (exact) mass is 322 g/mol. The molecule has 0 aromatic heterocycles. The zero-order chi connectivity index (χ0) is 13.2. The van der Waals surface area contributed by atoms with E-state index in [9.17, 15) is 4.79 Å². The van der Waals surface area contributed by atoms with Crippen LogP contribution in [0.15, 0.2) is 24.3 Å². The van der Waals surface area contributed by atoms with Crippen LogP contribution in [0.25, 0.3) is 0 Å². The first-order valence-corrected chi connectivity index (χ1v) is 7.54. The van der Waals surface area contributed by atoms with Crippen molar-refractivity contribution in [1.29, 1.82) is 0 Å². The average Bonchev–Trinajstić information content (AvgIpc) is 2.35. The van der Waals surface area contributed by atoms with Gasteiger partial charge in [-0.05, 0) is 37.1 Å². The number of hydrogen-bond acceptors (Lipinski definition) is 3. The van der Waals surface area contributed by atoms with Gasteiger partial charge in [0.05, 0.1) is 5.75 Å². The van der Waals surface area contributed by atoms with Gasteiger partial charge in [-0.3, -0.25) is 4.79 Å². The number of benzene rings is 1. The summed E-state index contributed by atoms with van der Waals surface area (Å²) in [5, 5.41) is 3.61. The molecule has 1 rings (SSSR count). The lowest BCUT2D eigenvalue weighted by atomic mass is 10.2. The lowest BCUT2D eigenvalue weighted by molar-refractivity contribution is -0.118. The van der Waals surface area contributed by atoms with Gasteiger partial charge in [0, 0.05) is 17.3 Å². The van der Waals surface area contributed by atoms with Crippen LogP contribution in [0.1, 0.15) is 18.4 Å². The molecule has 6 heteroatoms. The van der Waals surface area contributed by atoms with Gasteiger partial charge in [-0.15, -0.1) is 24.2 Å². The first-order chi connectivity index (χ1) is 8.72. The fraction of sp³-hybridized carbons (Fsp3) is 0.462. The van der Waals surface area contributed by atoms with Crippen molar-refractivity contribution < 1.29 is 4.79 Å². The Morgan fingerprint density at radius 2 is 2.16 bits per heavy atom. The molecule has 0 fully saturated rings. The second kappa shape index (κ2) is 11.4. The number of carbonyl (C=O) groups is 1. The lowest BCUT2D eigenvalue weighted by Gasteiger charge is -2.05. The van der Waals surface area contributed by atoms with Crippen molar-refractivity contribution in [3.05, 3.63) is 34.9 Å². The van der Waals surface area contributed by atoms with E-state index in [0.29, 0.717) is 18.8 Å². The molecule has 108 valence electrons. The van der Waals surface area contributed by atoms with Crippen LogP contribution in [0, 0.1) is 0 Å². The van der Waals surface area contributed by atoms with Crippen LogP contribution in [-0.4, -0.2) is 24.7 Å². The highest BCUT2D eigenvalue weighted by Crippen LogP contribution is 2.16. The maximum absolute atomic E-state index is 11.5. The molecule has 0 aliphatic carbocycles. The molecule has 0 aliphatic heterocycles. The summed E-state index contributed by atoms with van der Waals surface area (Å²) in [5.74, 6) is 1.37. The average molecular weight is 323 g/mol. The number of rotatable bonds is 8. The molecule has 0 saturated heterocycles. The van der Waals surface area contributed by atoms with E-state index in [-0.39, 0.29) is 18.3 Å². The Labute approximate surface area is 130 Å². The van der Waals surface area contributed by atoms with Crippen molar-refractivity contribution in [1.82, 2.24) is 5.32 Å². The molecular weight excluding hydrogens is 303 g/mol.